The summed E-state index contributed by atoms with van der Waals surface area (Å²) in [4.78, 5) is 64.5. The van der Waals surface area contributed by atoms with Crippen molar-refractivity contribution >= 4 is 11.9 Å². The maximum Gasteiger partial charge on any atom is 0.361 e. The Morgan fingerprint density at radius 3 is 2.38 bits per heavy atom. The number of nitrogens with zero attached hydrogens (tertiary/aromatic N) is 1. The highest BCUT2D eigenvalue weighted by Crippen LogP contribution is 2.06. The van der Waals surface area contributed by atoms with E-state index in [0.29, 0.717) is 0 Å². The smallest absolute Gasteiger partial charge is 0.361 e. The summed E-state index contributed by atoms with van der Waals surface area (Å²) in [5, 5.41) is 8.73. The van der Waals surface area contributed by atoms with Crippen LogP contribution in [0, 0.1) is 0 Å². The van der Waals surface area contributed by atoms with Gasteiger partial charge in [-0.15, -0.1) is 0 Å². The lowest BCUT2D eigenvalue weighted by atomic mass is 10.4. The van der Waals surface area contributed by atoms with E-state index >= 15 is 0 Å². The largest absolute Gasteiger partial charge is 0.477 e. The van der Waals surface area contributed by atoms with Crippen LogP contribution in [0.1, 0.15) is 21.0 Å². The number of esters is 1. The molecule has 0 saturated heterocycles. The maximum atomic E-state index is 11.7. The van der Waals surface area contributed by atoms with E-state index in [0.717, 1.165) is 12.1 Å². The predicted molar refractivity (Wildman–Crippen MR) is 64.5 cm³/mol. The van der Waals surface area contributed by atoms with E-state index in [1.54, 1.807) is 0 Å². The van der Waals surface area contributed by atoms with Crippen molar-refractivity contribution in [3.63, 3.8) is 0 Å². The zero-order valence-electron chi connectivity index (χ0n) is 10.00. The highest BCUT2D eigenvalue weighted by atomic mass is 16.5. The molecule has 11 heteroatoms. The summed E-state index contributed by atoms with van der Waals surface area (Å²) < 4.78 is 4.63. The van der Waals surface area contributed by atoms with Crippen LogP contribution in [0.3, 0.4) is 0 Å². The molecule has 4 N–H and O–H groups in total. The number of ether oxygens (including phenoxy) is 1. The number of rotatable bonds is 3. The second-order valence-electron chi connectivity index (χ2n) is 3.63. The zero-order chi connectivity index (χ0) is 15.6. The van der Waals surface area contributed by atoms with Crippen molar-refractivity contribution in [1.29, 1.82) is 0 Å². The molecule has 2 aromatic heterocycles. The number of carboxylic acids is 1. The van der Waals surface area contributed by atoms with E-state index in [9.17, 15) is 24.0 Å². The molecule has 0 amide bonds. The third-order valence-corrected chi connectivity index (χ3v) is 2.13. The zero-order valence-corrected chi connectivity index (χ0v) is 10.00. The standard InChI is InChI=1S/C10H6N4O7/c15-5-1-4(12-9(19)13-5)8(18)21-6-2-3(7(16)17)11-10(20)14-6/h1-2H,(H,16,17)(H,11,14,20)(H2,12,13,15,19). The van der Waals surface area contributed by atoms with E-state index in [4.69, 9.17) is 5.11 Å². The molecule has 108 valence electrons. The van der Waals surface area contributed by atoms with Gasteiger partial charge in [0.25, 0.3) is 5.56 Å². The second kappa shape index (κ2) is 5.24. The molecule has 2 heterocycles. The minimum Gasteiger partial charge on any atom is -0.477 e. The fourth-order valence-corrected chi connectivity index (χ4v) is 1.33. The van der Waals surface area contributed by atoms with Crippen molar-refractivity contribution < 1.29 is 19.4 Å². The summed E-state index contributed by atoms with van der Waals surface area (Å²) in [6.45, 7) is 0. The molecule has 0 unspecified atom stereocenters. The second-order valence-corrected chi connectivity index (χ2v) is 3.63. The summed E-state index contributed by atoms with van der Waals surface area (Å²) >= 11 is 0. The molecule has 0 saturated carbocycles. The molecular weight excluding hydrogens is 288 g/mol. The highest BCUT2D eigenvalue weighted by Gasteiger charge is 2.14. The Hall–Kier alpha value is -3.50. The van der Waals surface area contributed by atoms with Gasteiger partial charge in [-0.05, 0) is 0 Å². The number of hydrogen-bond acceptors (Lipinski definition) is 7. The number of nitrogens with one attached hydrogen (secondary N) is 3. The summed E-state index contributed by atoms with van der Waals surface area (Å²) in [6.07, 6.45) is 0. The number of H-pyrrole nitrogens is 3. The number of carbonyl (C=O) groups is 2. The van der Waals surface area contributed by atoms with Gasteiger partial charge in [0.05, 0.1) is 0 Å². The van der Waals surface area contributed by atoms with Crippen LogP contribution in [0.2, 0.25) is 0 Å². The molecule has 0 aliphatic heterocycles. The molecule has 11 nitrogen and oxygen atoms in total. The molecule has 0 bridgehead atoms. The quantitative estimate of drug-likeness (QED) is 0.473. The van der Waals surface area contributed by atoms with Crippen LogP contribution in [0.25, 0.3) is 0 Å². The van der Waals surface area contributed by atoms with Crippen molar-refractivity contribution in [1.82, 2.24) is 19.9 Å². The lowest BCUT2D eigenvalue weighted by molar-refractivity contribution is 0.0676. The molecule has 21 heavy (non-hydrogen) atoms. The van der Waals surface area contributed by atoms with Crippen LogP contribution < -0.4 is 21.7 Å². The monoisotopic (exact) mass is 294 g/mol. The summed E-state index contributed by atoms with van der Waals surface area (Å²) in [7, 11) is 0. The Bertz CT molecular complexity index is 863. The molecule has 0 aliphatic carbocycles. The molecular formula is C10H6N4O7. The fraction of sp³-hybridized carbons (Fsp3) is 0. The van der Waals surface area contributed by atoms with Gasteiger partial charge in [0.1, 0.15) is 11.4 Å². The Kier molecular flexibility index (Phi) is 3.47. The van der Waals surface area contributed by atoms with Gasteiger partial charge in [-0.25, -0.2) is 19.2 Å². The summed E-state index contributed by atoms with van der Waals surface area (Å²) in [5.74, 6) is -3.24. The fourth-order valence-electron chi connectivity index (χ4n) is 1.33. The first kappa shape index (κ1) is 13.9. The van der Waals surface area contributed by atoms with Crippen LogP contribution in [-0.4, -0.2) is 37.0 Å². The van der Waals surface area contributed by atoms with Crippen molar-refractivity contribution in [2.75, 3.05) is 0 Å². The average Bonchev–Trinajstić information content (AvgIpc) is 2.36. The van der Waals surface area contributed by atoms with Crippen LogP contribution in [0.5, 0.6) is 5.88 Å². The molecule has 0 atom stereocenters. The van der Waals surface area contributed by atoms with E-state index in [1.807, 2.05) is 15.0 Å². The van der Waals surface area contributed by atoms with Crippen molar-refractivity contribution in [3.05, 3.63) is 54.8 Å². The van der Waals surface area contributed by atoms with Crippen molar-refractivity contribution in [2.24, 2.45) is 0 Å². The van der Waals surface area contributed by atoms with E-state index in [2.05, 4.69) is 9.72 Å². The molecule has 2 aromatic rings. The maximum absolute atomic E-state index is 11.7. The average molecular weight is 294 g/mol. The highest BCUT2D eigenvalue weighted by molar-refractivity contribution is 5.89. The van der Waals surface area contributed by atoms with Crippen LogP contribution in [0.15, 0.2) is 26.5 Å². The first-order chi connectivity index (χ1) is 9.85. The van der Waals surface area contributed by atoms with Gasteiger partial charge >= 0.3 is 23.3 Å². The van der Waals surface area contributed by atoms with Gasteiger partial charge in [-0.1, -0.05) is 0 Å². The molecule has 2 rings (SSSR count). The minimum atomic E-state index is -1.46. The molecule has 0 aromatic carbocycles. The van der Waals surface area contributed by atoms with Crippen molar-refractivity contribution in [2.45, 2.75) is 0 Å². The predicted octanol–water partition coefficient (Wildman–Crippen LogP) is -1.94. The Balaban J connectivity index is 2.35. The molecule has 0 fully saturated rings. The molecule has 0 spiro atoms. The SMILES string of the molecule is O=C(O)c1cc(OC(=O)c2cc(=O)[nH]c(=O)[nH]2)nc(=O)[nH]1. The van der Waals surface area contributed by atoms with Gasteiger partial charge in [-0.3, -0.25) is 14.8 Å². The van der Waals surface area contributed by atoms with Gasteiger partial charge in [0, 0.05) is 12.1 Å². The Morgan fingerprint density at radius 2 is 1.76 bits per heavy atom. The van der Waals surface area contributed by atoms with Crippen LogP contribution >= 0.6 is 0 Å². The number of carboxylic acid groups (broad SMARTS) is 1. The first-order valence-electron chi connectivity index (χ1n) is 5.25. The third kappa shape index (κ3) is 3.28. The van der Waals surface area contributed by atoms with Crippen molar-refractivity contribution in [3.8, 4) is 5.88 Å². The molecule has 0 aliphatic rings. The number of aromatic nitrogens is 4. The first-order valence-corrected chi connectivity index (χ1v) is 5.25. The lowest BCUT2D eigenvalue weighted by Gasteiger charge is -2.03. The van der Waals surface area contributed by atoms with E-state index in [1.165, 1.54) is 0 Å². The summed E-state index contributed by atoms with van der Waals surface area (Å²) in [6, 6.07) is 1.56. The number of aromatic amines is 3. The Morgan fingerprint density at radius 1 is 1.05 bits per heavy atom. The number of carbonyl (C=O) groups excluding carboxylic acids is 1. The Labute approximate surface area is 113 Å². The number of hydrogen-bond donors (Lipinski definition) is 4. The van der Waals surface area contributed by atoms with E-state index in [-0.39, 0.29) is 0 Å². The van der Waals surface area contributed by atoms with Crippen LogP contribution in [-0.2, 0) is 0 Å². The van der Waals surface area contributed by atoms with E-state index < -0.39 is 46.1 Å². The van der Waals surface area contributed by atoms with Crippen LogP contribution in [0.4, 0.5) is 0 Å². The molecule has 0 radical (unpaired) electrons. The minimum absolute atomic E-state index is 0.484. The van der Waals surface area contributed by atoms with Gasteiger partial charge in [-0.2, -0.15) is 4.98 Å². The van der Waals surface area contributed by atoms with Gasteiger partial charge in [0.15, 0.2) is 0 Å². The van der Waals surface area contributed by atoms with Gasteiger partial charge in [0.2, 0.25) is 5.88 Å². The van der Waals surface area contributed by atoms with Gasteiger partial charge < -0.3 is 14.8 Å². The third-order valence-electron chi connectivity index (χ3n) is 2.13. The topological polar surface area (TPSA) is 175 Å². The summed E-state index contributed by atoms with van der Waals surface area (Å²) in [5.41, 5.74) is -3.84. The normalized spacial score (nSPS) is 10.1. The lowest BCUT2D eigenvalue weighted by Crippen LogP contribution is -2.27. The number of aromatic carboxylic acids is 1.